The first kappa shape index (κ1) is 13.9. The van der Waals surface area contributed by atoms with Crippen molar-refractivity contribution < 1.29 is 9.59 Å². The molecule has 2 amide bonds. The number of carbonyl (C=O) groups is 2. The maximum absolute atomic E-state index is 11.2. The van der Waals surface area contributed by atoms with E-state index in [1.165, 1.54) is 0 Å². The molecule has 0 aliphatic rings. The van der Waals surface area contributed by atoms with Crippen molar-refractivity contribution in [1.29, 1.82) is 0 Å². The summed E-state index contributed by atoms with van der Waals surface area (Å²) in [6.45, 7) is 1.22. The molecule has 1 atom stereocenters. The maximum Gasteiger partial charge on any atom is 0.237 e. The molecule has 0 unspecified atom stereocenters. The predicted octanol–water partition coefficient (Wildman–Crippen LogP) is -1.57. The van der Waals surface area contributed by atoms with Crippen molar-refractivity contribution in [2.24, 2.45) is 17.2 Å². The lowest BCUT2D eigenvalue weighted by Gasteiger charge is -2.10. The molecule has 0 bridgehead atoms. The summed E-state index contributed by atoms with van der Waals surface area (Å²) >= 11 is 0. The lowest BCUT2D eigenvalue weighted by atomic mass is 10.2. The van der Waals surface area contributed by atoms with Gasteiger partial charge in [-0.3, -0.25) is 9.59 Å². The Hall–Kier alpha value is -1.14. The third-order valence-corrected chi connectivity index (χ3v) is 1.94. The van der Waals surface area contributed by atoms with Crippen molar-refractivity contribution in [3.8, 4) is 0 Å². The summed E-state index contributed by atoms with van der Waals surface area (Å²) in [4.78, 5) is 21.7. The molecule has 88 valence electrons. The van der Waals surface area contributed by atoms with E-state index >= 15 is 0 Å². The van der Waals surface area contributed by atoms with Gasteiger partial charge in [-0.2, -0.15) is 0 Å². The summed E-state index contributed by atoms with van der Waals surface area (Å²) in [6, 6.07) is -0.836. The normalized spacial score (nSPS) is 12.1. The van der Waals surface area contributed by atoms with E-state index in [0.717, 1.165) is 19.3 Å². The van der Waals surface area contributed by atoms with Gasteiger partial charge in [-0.05, 0) is 19.4 Å². The minimum absolute atomic E-state index is 0.116. The summed E-state index contributed by atoms with van der Waals surface area (Å²) in [5.74, 6) is -0.901. The molecule has 0 rings (SSSR count). The number of hydrogen-bond acceptors (Lipinski definition) is 4. The zero-order chi connectivity index (χ0) is 11.7. The first-order valence-electron chi connectivity index (χ1n) is 5.09. The van der Waals surface area contributed by atoms with E-state index in [9.17, 15) is 9.59 Å². The molecule has 15 heavy (non-hydrogen) atoms. The fraction of sp³-hybridized carbons (Fsp3) is 0.778. The second-order valence-electron chi connectivity index (χ2n) is 3.42. The van der Waals surface area contributed by atoms with Crippen molar-refractivity contribution in [1.82, 2.24) is 5.32 Å². The number of primary amides is 1. The number of rotatable bonds is 8. The van der Waals surface area contributed by atoms with E-state index in [1.54, 1.807) is 0 Å². The fourth-order valence-electron chi connectivity index (χ4n) is 1.10. The van der Waals surface area contributed by atoms with Crippen LogP contribution in [0.2, 0.25) is 0 Å². The molecule has 0 aromatic heterocycles. The van der Waals surface area contributed by atoms with Crippen LogP contribution in [0.1, 0.15) is 25.7 Å². The molecule has 0 aliphatic carbocycles. The number of unbranched alkanes of at least 4 members (excludes halogenated alkanes) is 2. The summed E-state index contributed by atoms with van der Waals surface area (Å²) in [5.41, 5.74) is 15.7. The summed E-state index contributed by atoms with van der Waals surface area (Å²) < 4.78 is 0. The molecule has 0 saturated carbocycles. The molecule has 0 saturated heterocycles. The van der Waals surface area contributed by atoms with Gasteiger partial charge in [0, 0.05) is 6.54 Å². The van der Waals surface area contributed by atoms with E-state index in [4.69, 9.17) is 17.2 Å². The molecular weight excluding hydrogens is 196 g/mol. The van der Waals surface area contributed by atoms with E-state index in [-0.39, 0.29) is 12.3 Å². The van der Waals surface area contributed by atoms with Gasteiger partial charge in [-0.15, -0.1) is 0 Å². The van der Waals surface area contributed by atoms with Gasteiger partial charge in [0.25, 0.3) is 0 Å². The summed E-state index contributed by atoms with van der Waals surface area (Å²) in [6.07, 6.45) is 2.67. The van der Waals surface area contributed by atoms with Crippen molar-refractivity contribution in [2.45, 2.75) is 31.7 Å². The standard InChI is InChI=1S/C9H20N4O2/c10-4-2-1-3-5-13-9(15)7(11)6-8(12)14/h7H,1-6,10-11H2,(H2,12,14)(H,13,15)/t7-/m0/s1. The number of nitrogens with one attached hydrogen (secondary N) is 1. The SMILES string of the molecule is NCCCCCNC(=O)[C@@H](N)CC(N)=O. The van der Waals surface area contributed by atoms with Gasteiger partial charge in [0.2, 0.25) is 11.8 Å². The Morgan fingerprint density at radius 1 is 1.20 bits per heavy atom. The van der Waals surface area contributed by atoms with Gasteiger partial charge >= 0.3 is 0 Å². The lowest BCUT2D eigenvalue weighted by Crippen LogP contribution is -2.43. The predicted molar refractivity (Wildman–Crippen MR) is 57.7 cm³/mol. The number of hydrogen-bond donors (Lipinski definition) is 4. The average molecular weight is 216 g/mol. The van der Waals surface area contributed by atoms with E-state index < -0.39 is 11.9 Å². The monoisotopic (exact) mass is 216 g/mol. The molecule has 0 aliphatic heterocycles. The second kappa shape index (κ2) is 8.19. The van der Waals surface area contributed by atoms with Crippen LogP contribution in [0.25, 0.3) is 0 Å². The third-order valence-electron chi connectivity index (χ3n) is 1.94. The van der Waals surface area contributed by atoms with Crippen molar-refractivity contribution in [3.05, 3.63) is 0 Å². The quantitative estimate of drug-likeness (QED) is 0.366. The van der Waals surface area contributed by atoms with Gasteiger partial charge in [0.05, 0.1) is 12.5 Å². The first-order valence-corrected chi connectivity index (χ1v) is 5.09. The third kappa shape index (κ3) is 7.90. The topological polar surface area (TPSA) is 124 Å². The number of nitrogens with two attached hydrogens (primary N) is 3. The van der Waals surface area contributed by atoms with Gasteiger partial charge in [-0.25, -0.2) is 0 Å². The van der Waals surface area contributed by atoms with Crippen LogP contribution in [0.5, 0.6) is 0 Å². The smallest absolute Gasteiger partial charge is 0.237 e. The minimum Gasteiger partial charge on any atom is -0.370 e. The largest absolute Gasteiger partial charge is 0.370 e. The number of amides is 2. The van der Waals surface area contributed by atoms with E-state index in [0.29, 0.717) is 13.1 Å². The summed E-state index contributed by atoms with van der Waals surface area (Å²) in [7, 11) is 0. The highest BCUT2D eigenvalue weighted by molar-refractivity contribution is 5.87. The van der Waals surface area contributed by atoms with Crippen LogP contribution in [0.3, 0.4) is 0 Å². The number of carbonyl (C=O) groups excluding carboxylic acids is 2. The molecule has 0 heterocycles. The van der Waals surface area contributed by atoms with Gasteiger partial charge in [0.15, 0.2) is 0 Å². The molecule has 0 aromatic rings. The minimum atomic E-state index is -0.836. The molecule has 0 aromatic carbocycles. The summed E-state index contributed by atoms with van der Waals surface area (Å²) in [5, 5.41) is 2.63. The van der Waals surface area contributed by atoms with Crippen LogP contribution < -0.4 is 22.5 Å². The maximum atomic E-state index is 11.2. The van der Waals surface area contributed by atoms with Crippen molar-refractivity contribution in [3.63, 3.8) is 0 Å². The molecular formula is C9H20N4O2. The Bertz CT molecular complexity index is 208. The highest BCUT2D eigenvalue weighted by atomic mass is 16.2. The van der Waals surface area contributed by atoms with Crippen molar-refractivity contribution >= 4 is 11.8 Å². The Morgan fingerprint density at radius 3 is 2.40 bits per heavy atom. The lowest BCUT2D eigenvalue weighted by molar-refractivity contribution is -0.126. The van der Waals surface area contributed by atoms with E-state index in [1.807, 2.05) is 0 Å². The molecule has 0 radical (unpaired) electrons. The van der Waals surface area contributed by atoms with Crippen LogP contribution in [-0.4, -0.2) is 30.9 Å². The van der Waals surface area contributed by atoms with Crippen LogP contribution in [0.4, 0.5) is 0 Å². The Labute approximate surface area is 89.6 Å². The highest BCUT2D eigenvalue weighted by Crippen LogP contribution is 1.92. The molecule has 7 N–H and O–H groups in total. The fourth-order valence-corrected chi connectivity index (χ4v) is 1.10. The molecule has 6 nitrogen and oxygen atoms in total. The molecule has 0 spiro atoms. The van der Waals surface area contributed by atoms with Crippen LogP contribution in [0.15, 0.2) is 0 Å². The van der Waals surface area contributed by atoms with Gasteiger partial charge in [0.1, 0.15) is 0 Å². The zero-order valence-electron chi connectivity index (χ0n) is 8.87. The molecule has 0 fully saturated rings. The Balaban J connectivity index is 3.51. The first-order chi connectivity index (χ1) is 7.07. The van der Waals surface area contributed by atoms with Crippen LogP contribution >= 0.6 is 0 Å². The Morgan fingerprint density at radius 2 is 1.87 bits per heavy atom. The zero-order valence-corrected chi connectivity index (χ0v) is 8.87. The van der Waals surface area contributed by atoms with Crippen molar-refractivity contribution in [2.75, 3.05) is 13.1 Å². The highest BCUT2D eigenvalue weighted by Gasteiger charge is 2.14. The van der Waals surface area contributed by atoms with Crippen LogP contribution in [-0.2, 0) is 9.59 Å². The van der Waals surface area contributed by atoms with Gasteiger partial charge in [-0.1, -0.05) is 6.42 Å². The Kier molecular flexibility index (Phi) is 7.57. The molecule has 6 heteroatoms. The van der Waals surface area contributed by atoms with Gasteiger partial charge < -0.3 is 22.5 Å². The average Bonchev–Trinajstić information content (AvgIpc) is 2.16. The second-order valence-corrected chi connectivity index (χ2v) is 3.42. The van der Waals surface area contributed by atoms with Crippen LogP contribution in [0, 0.1) is 0 Å². The van der Waals surface area contributed by atoms with E-state index in [2.05, 4.69) is 5.32 Å².